The van der Waals surface area contributed by atoms with E-state index in [9.17, 15) is 0 Å². The standard InChI is InChI=1S/C18H15N5.C2H6/c19-14-6-8-15(9-7-14)21-18-17(13-4-2-1-3-5-13)22-16-12-20-10-11-23(16)18;1-2/h1-12,21H,19H2;1-2H3. The molecule has 5 nitrogen and oxygen atoms in total. The molecular weight excluding hydrogens is 310 g/mol. The van der Waals surface area contributed by atoms with Gasteiger partial charge in [0.05, 0.1) is 6.20 Å². The first-order valence-electron chi connectivity index (χ1n) is 8.31. The van der Waals surface area contributed by atoms with Crippen molar-refractivity contribution in [2.45, 2.75) is 13.8 Å². The van der Waals surface area contributed by atoms with Gasteiger partial charge in [-0.25, -0.2) is 4.98 Å². The summed E-state index contributed by atoms with van der Waals surface area (Å²) in [4.78, 5) is 8.86. The first kappa shape index (κ1) is 16.5. The van der Waals surface area contributed by atoms with Crippen molar-refractivity contribution in [2.24, 2.45) is 0 Å². The SMILES string of the molecule is CC.Nc1ccc(Nc2c(-c3ccccc3)nc3cnccn23)cc1. The summed E-state index contributed by atoms with van der Waals surface area (Å²) in [5, 5.41) is 3.44. The van der Waals surface area contributed by atoms with Crippen LogP contribution in [0.4, 0.5) is 17.2 Å². The first-order chi connectivity index (χ1) is 12.3. The van der Waals surface area contributed by atoms with Gasteiger partial charge in [0.25, 0.3) is 0 Å². The van der Waals surface area contributed by atoms with Gasteiger partial charge in [-0.3, -0.25) is 9.38 Å². The quantitative estimate of drug-likeness (QED) is 0.532. The maximum absolute atomic E-state index is 5.76. The van der Waals surface area contributed by atoms with Crippen LogP contribution in [0, 0.1) is 0 Å². The van der Waals surface area contributed by atoms with Crippen LogP contribution in [0.25, 0.3) is 16.9 Å². The van der Waals surface area contributed by atoms with E-state index in [0.29, 0.717) is 0 Å². The van der Waals surface area contributed by atoms with Gasteiger partial charge in [0, 0.05) is 29.3 Å². The lowest BCUT2D eigenvalue weighted by molar-refractivity contribution is 1.13. The van der Waals surface area contributed by atoms with Crippen molar-refractivity contribution in [1.82, 2.24) is 14.4 Å². The number of benzene rings is 2. The van der Waals surface area contributed by atoms with Crippen LogP contribution in [0.5, 0.6) is 0 Å². The van der Waals surface area contributed by atoms with Crippen LogP contribution in [0.15, 0.2) is 73.2 Å². The zero-order valence-electron chi connectivity index (χ0n) is 14.3. The predicted octanol–water partition coefficient (Wildman–Crippen LogP) is 4.75. The van der Waals surface area contributed by atoms with Crippen LogP contribution in [0.1, 0.15) is 13.8 Å². The van der Waals surface area contributed by atoms with Crippen molar-refractivity contribution in [3.05, 3.63) is 73.2 Å². The van der Waals surface area contributed by atoms with E-state index in [4.69, 9.17) is 10.7 Å². The second-order valence-electron chi connectivity index (χ2n) is 5.23. The number of rotatable bonds is 3. The lowest BCUT2D eigenvalue weighted by Crippen LogP contribution is -1.97. The number of aromatic nitrogens is 3. The Kier molecular flexibility index (Phi) is 4.95. The molecule has 0 aliphatic rings. The van der Waals surface area contributed by atoms with Gasteiger partial charge in [0.1, 0.15) is 11.5 Å². The normalized spacial score (nSPS) is 10.2. The van der Waals surface area contributed by atoms with E-state index in [1.54, 1.807) is 12.4 Å². The molecule has 3 N–H and O–H groups in total. The number of nitrogen functional groups attached to an aromatic ring is 1. The molecule has 126 valence electrons. The molecule has 0 unspecified atom stereocenters. The van der Waals surface area contributed by atoms with E-state index in [1.165, 1.54) is 0 Å². The number of hydrogen-bond acceptors (Lipinski definition) is 4. The van der Waals surface area contributed by atoms with Gasteiger partial charge in [-0.15, -0.1) is 0 Å². The lowest BCUT2D eigenvalue weighted by Gasteiger charge is -2.09. The Hall–Kier alpha value is -3.34. The van der Waals surface area contributed by atoms with E-state index in [-0.39, 0.29) is 0 Å². The zero-order chi connectivity index (χ0) is 17.6. The molecule has 2 aromatic carbocycles. The van der Waals surface area contributed by atoms with Crippen molar-refractivity contribution < 1.29 is 0 Å². The number of imidazole rings is 1. The molecule has 5 heteroatoms. The lowest BCUT2D eigenvalue weighted by atomic mass is 10.1. The van der Waals surface area contributed by atoms with E-state index < -0.39 is 0 Å². The molecule has 25 heavy (non-hydrogen) atoms. The van der Waals surface area contributed by atoms with Crippen LogP contribution in [0.2, 0.25) is 0 Å². The largest absolute Gasteiger partial charge is 0.399 e. The molecule has 0 aliphatic heterocycles. The molecule has 4 rings (SSSR count). The number of nitrogens with two attached hydrogens (primary N) is 1. The van der Waals surface area contributed by atoms with E-state index in [0.717, 1.165) is 34.1 Å². The minimum atomic E-state index is 0.737. The van der Waals surface area contributed by atoms with Crippen molar-refractivity contribution in [3.63, 3.8) is 0 Å². The van der Waals surface area contributed by atoms with E-state index >= 15 is 0 Å². The van der Waals surface area contributed by atoms with Gasteiger partial charge in [-0.05, 0) is 24.3 Å². The molecule has 2 heterocycles. The highest BCUT2D eigenvalue weighted by Gasteiger charge is 2.14. The minimum absolute atomic E-state index is 0.737. The fourth-order valence-corrected chi connectivity index (χ4v) is 2.53. The van der Waals surface area contributed by atoms with E-state index in [1.807, 2.05) is 79.0 Å². The van der Waals surface area contributed by atoms with Crippen molar-refractivity contribution in [1.29, 1.82) is 0 Å². The summed E-state index contributed by atoms with van der Waals surface area (Å²) in [6.07, 6.45) is 5.40. The van der Waals surface area contributed by atoms with Gasteiger partial charge in [0.15, 0.2) is 5.65 Å². The Bertz CT molecular complexity index is 943. The zero-order valence-corrected chi connectivity index (χ0v) is 14.3. The maximum atomic E-state index is 5.76. The number of nitrogens with one attached hydrogen (secondary N) is 1. The number of fused-ring (bicyclic) bond motifs is 1. The Morgan fingerprint density at radius 3 is 2.40 bits per heavy atom. The number of hydrogen-bond donors (Lipinski definition) is 2. The number of nitrogens with zero attached hydrogens (tertiary/aromatic N) is 3. The fraction of sp³-hybridized carbons (Fsp3) is 0.100. The van der Waals surface area contributed by atoms with Crippen LogP contribution >= 0.6 is 0 Å². The molecule has 0 atom stereocenters. The Morgan fingerprint density at radius 1 is 0.960 bits per heavy atom. The van der Waals surface area contributed by atoms with Gasteiger partial charge < -0.3 is 11.1 Å². The maximum Gasteiger partial charge on any atom is 0.157 e. The smallest absolute Gasteiger partial charge is 0.157 e. The third-order valence-corrected chi connectivity index (χ3v) is 3.65. The highest BCUT2D eigenvalue weighted by Crippen LogP contribution is 2.30. The Balaban J connectivity index is 0.000000880. The first-order valence-corrected chi connectivity index (χ1v) is 8.31. The summed E-state index contributed by atoms with van der Waals surface area (Å²) >= 11 is 0. The van der Waals surface area contributed by atoms with Crippen LogP contribution in [0.3, 0.4) is 0 Å². The summed E-state index contributed by atoms with van der Waals surface area (Å²) in [5.41, 5.74) is 10.2. The van der Waals surface area contributed by atoms with Crippen LogP contribution in [-0.2, 0) is 0 Å². The Morgan fingerprint density at radius 2 is 1.68 bits per heavy atom. The molecule has 0 spiro atoms. The molecule has 0 amide bonds. The molecule has 0 aliphatic carbocycles. The molecule has 2 aromatic heterocycles. The summed E-state index contributed by atoms with van der Waals surface area (Å²) in [6.45, 7) is 4.00. The van der Waals surface area contributed by atoms with Crippen molar-refractivity contribution in [2.75, 3.05) is 11.1 Å². The minimum Gasteiger partial charge on any atom is -0.399 e. The van der Waals surface area contributed by atoms with Gasteiger partial charge in [-0.2, -0.15) is 0 Å². The van der Waals surface area contributed by atoms with Crippen LogP contribution < -0.4 is 11.1 Å². The topological polar surface area (TPSA) is 68.2 Å². The highest BCUT2D eigenvalue weighted by molar-refractivity contribution is 5.79. The molecule has 0 saturated carbocycles. The third-order valence-electron chi connectivity index (χ3n) is 3.65. The van der Waals surface area contributed by atoms with Gasteiger partial charge in [-0.1, -0.05) is 44.2 Å². The van der Waals surface area contributed by atoms with Crippen molar-refractivity contribution >= 4 is 22.8 Å². The molecule has 0 saturated heterocycles. The average Bonchev–Trinajstić information content (AvgIpc) is 3.04. The second kappa shape index (κ2) is 7.49. The second-order valence-corrected chi connectivity index (χ2v) is 5.23. The molecule has 4 aromatic rings. The average molecular weight is 331 g/mol. The summed E-state index contributed by atoms with van der Waals surface area (Å²) in [5.74, 6) is 0.901. The highest BCUT2D eigenvalue weighted by atomic mass is 15.1. The molecule has 0 fully saturated rings. The monoisotopic (exact) mass is 331 g/mol. The third kappa shape index (κ3) is 3.45. The summed E-state index contributed by atoms with van der Waals surface area (Å²) in [6, 6.07) is 17.7. The van der Waals surface area contributed by atoms with E-state index in [2.05, 4.69) is 10.3 Å². The summed E-state index contributed by atoms with van der Waals surface area (Å²) in [7, 11) is 0. The predicted molar refractivity (Wildman–Crippen MR) is 104 cm³/mol. The fourth-order valence-electron chi connectivity index (χ4n) is 2.53. The molecular formula is C20H21N5. The van der Waals surface area contributed by atoms with Crippen molar-refractivity contribution in [3.8, 4) is 11.3 Å². The molecule has 0 bridgehead atoms. The van der Waals surface area contributed by atoms with Gasteiger partial charge >= 0.3 is 0 Å². The molecule has 0 radical (unpaired) electrons. The Labute approximate surface area is 147 Å². The number of anilines is 3. The van der Waals surface area contributed by atoms with Crippen LogP contribution in [-0.4, -0.2) is 14.4 Å². The van der Waals surface area contributed by atoms with Gasteiger partial charge in [0.2, 0.25) is 0 Å². The summed E-state index contributed by atoms with van der Waals surface area (Å²) < 4.78 is 1.99.